The SMILES string of the molecule is CCOC(=O)N[SH+](=O)c1ccc(Cl)s1. The summed E-state index contributed by atoms with van der Waals surface area (Å²) in [6.45, 7) is 1.93. The summed E-state index contributed by atoms with van der Waals surface area (Å²) in [5.74, 6) is 0. The molecule has 0 aliphatic rings. The Balaban J connectivity index is 2.55. The fraction of sp³-hybridized carbons (Fsp3) is 0.286. The fourth-order valence-corrected chi connectivity index (χ4v) is 2.98. The van der Waals surface area contributed by atoms with Gasteiger partial charge in [-0.15, -0.1) is 4.72 Å². The molecule has 0 bridgehead atoms. The molecule has 1 aromatic heterocycles. The summed E-state index contributed by atoms with van der Waals surface area (Å²) in [5.41, 5.74) is 0. The molecule has 0 aliphatic heterocycles. The van der Waals surface area contributed by atoms with Gasteiger partial charge in [0.2, 0.25) is 15.2 Å². The Hall–Kier alpha value is -0.590. The Kier molecular flexibility index (Phi) is 4.37. The lowest BCUT2D eigenvalue weighted by atomic mass is 10.7. The summed E-state index contributed by atoms with van der Waals surface area (Å²) in [6, 6.07) is 3.24. The van der Waals surface area contributed by atoms with Crippen LogP contribution in [0.1, 0.15) is 6.92 Å². The van der Waals surface area contributed by atoms with Gasteiger partial charge in [0.1, 0.15) is 0 Å². The van der Waals surface area contributed by atoms with Crippen LogP contribution in [0.5, 0.6) is 0 Å². The Morgan fingerprint density at radius 2 is 2.43 bits per heavy atom. The van der Waals surface area contributed by atoms with Crippen molar-refractivity contribution in [3.05, 3.63) is 16.5 Å². The standard InChI is InChI=1S/C7H8ClNO3S2/c1-2-12-7(10)9-14(11)6-4-3-5(8)13-6/h3-4H,2H2,1H3,(H,9,10,11)/p+1. The van der Waals surface area contributed by atoms with E-state index in [0.29, 0.717) is 8.55 Å². The number of thiol groups is 1. The topological polar surface area (TPSA) is 55.4 Å². The van der Waals surface area contributed by atoms with Crippen LogP contribution in [-0.2, 0) is 19.9 Å². The van der Waals surface area contributed by atoms with Gasteiger partial charge in [-0.25, -0.2) is 4.79 Å². The average molecular weight is 255 g/mol. The Morgan fingerprint density at radius 1 is 1.71 bits per heavy atom. The van der Waals surface area contributed by atoms with Crippen LogP contribution < -0.4 is 4.72 Å². The second kappa shape index (κ2) is 5.33. The Morgan fingerprint density at radius 3 is 2.93 bits per heavy atom. The van der Waals surface area contributed by atoms with Crippen molar-refractivity contribution in [1.29, 1.82) is 0 Å². The molecule has 1 amide bonds. The van der Waals surface area contributed by atoms with Gasteiger partial charge in [0.05, 0.1) is 10.9 Å². The van der Waals surface area contributed by atoms with Crippen molar-refractivity contribution in [2.24, 2.45) is 0 Å². The number of thiophene rings is 1. The first-order valence-corrected chi connectivity index (χ1v) is 6.25. The summed E-state index contributed by atoms with van der Waals surface area (Å²) in [4.78, 5) is 10.9. The predicted octanol–water partition coefficient (Wildman–Crippen LogP) is 2.12. The van der Waals surface area contributed by atoms with Crippen LogP contribution in [0.3, 0.4) is 0 Å². The van der Waals surface area contributed by atoms with E-state index in [0.717, 1.165) is 0 Å². The molecule has 1 rings (SSSR count). The first-order chi connectivity index (χ1) is 6.63. The van der Waals surface area contributed by atoms with E-state index in [1.54, 1.807) is 19.1 Å². The number of carbonyl (C=O) groups excluding carboxylic acids is 1. The van der Waals surface area contributed by atoms with E-state index in [-0.39, 0.29) is 6.61 Å². The average Bonchev–Trinajstić information content (AvgIpc) is 2.52. The third-order valence-corrected chi connectivity index (χ3v) is 3.97. The van der Waals surface area contributed by atoms with Crippen molar-refractivity contribution in [3.63, 3.8) is 0 Å². The normalized spacial score (nSPS) is 12.1. The molecule has 14 heavy (non-hydrogen) atoms. The van der Waals surface area contributed by atoms with Crippen molar-refractivity contribution in [3.8, 4) is 0 Å². The molecule has 0 saturated heterocycles. The smallest absolute Gasteiger partial charge is 0.447 e. The quantitative estimate of drug-likeness (QED) is 0.664. The van der Waals surface area contributed by atoms with Crippen molar-refractivity contribution < 1.29 is 13.7 Å². The summed E-state index contributed by atoms with van der Waals surface area (Å²) < 4.78 is 19.3. The second-order valence-electron chi connectivity index (χ2n) is 2.20. The van der Waals surface area contributed by atoms with Crippen LogP contribution in [0.2, 0.25) is 4.34 Å². The number of hydrogen-bond acceptors (Lipinski definition) is 4. The van der Waals surface area contributed by atoms with E-state index in [4.69, 9.17) is 11.6 Å². The van der Waals surface area contributed by atoms with Crippen molar-refractivity contribution in [2.75, 3.05) is 6.61 Å². The molecule has 4 nitrogen and oxygen atoms in total. The van der Waals surface area contributed by atoms with Gasteiger partial charge < -0.3 is 4.74 Å². The number of ether oxygens (including phenoxy) is 1. The van der Waals surface area contributed by atoms with Gasteiger partial charge in [-0.1, -0.05) is 27.1 Å². The Bertz CT molecular complexity index is 352. The van der Waals surface area contributed by atoms with E-state index in [1.807, 2.05) is 0 Å². The van der Waals surface area contributed by atoms with Crippen LogP contribution in [0, 0.1) is 0 Å². The van der Waals surface area contributed by atoms with Gasteiger partial charge in [-0.3, -0.25) is 0 Å². The monoisotopic (exact) mass is 254 g/mol. The zero-order valence-electron chi connectivity index (χ0n) is 7.32. The molecule has 7 heteroatoms. The molecule has 0 spiro atoms. The third kappa shape index (κ3) is 3.28. The molecule has 0 aromatic carbocycles. The molecule has 1 N–H and O–H groups in total. The number of rotatable bonds is 3. The summed E-state index contributed by atoms with van der Waals surface area (Å²) >= 11 is 6.82. The maximum atomic E-state index is 11.4. The van der Waals surface area contributed by atoms with Crippen LogP contribution in [-0.4, -0.2) is 12.7 Å². The molecule has 0 fully saturated rings. The fourth-order valence-electron chi connectivity index (χ4n) is 0.715. The minimum absolute atomic E-state index is 0.250. The third-order valence-electron chi connectivity index (χ3n) is 1.23. The largest absolute Gasteiger partial charge is 0.448 e. The molecule has 0 aliphatic carbocycles. The number of halogens is 1. The molecule has 78 valence electrons. The highest BCUT2D eigenvalue weighted by Gasteiger charge is 2.16. The van der Waals surface area contributed by atoms with Crippen molar-refractivity contribution >= 4 is 40.0 Å². The predicted molar refractivity (Wildman–Crippen MR) is 57.2 cm³/mol. The minimum atomic E-state index is -1.95. The number of carbonyl (C=O) groups is 1. The molecular weight excluding hydrogens is 246 g/mol. The zero-order valence-corrected chi connectivity index (χ0v) is 9.79. The molecular formula is C7H9ClNO3S2+. The van der Waals surface area contributed by atoms with Gasteiger partial charge in [-0.2, -0.15) is 0 Å². The highest BCUT2D eigenvalue weighted by atomic mass is 35.5. The van der Waals surface area contributed by atoms with Crippen LogP contribution >= 0.6 is 22.9 Å². The van der Waals surface area contributed by atoms with Gasteiger partial charge in [-0.05, 0) is 13.0 Å². The van der Waals surface area contributed by atoms with Gasteiger partial charge in [0.15, 0.2) is 0 Å². The summed E-state index contributed by atoms with van der Waals surface area (Å²) in [5, 5.41) is 0. The van der Waals surface area contributed by atoms with E-state index in [2.05, 4.69) is 9.46 Å². The molecule has 1 heterocycles. The summed E-state index contributed by atoms with van der Waals surface area (Å²) in [7, 11) is -1.95. The Labute approximate surface area is 92.8 Å². The highest BCUT2D eigenvalue weighted by molar-refractivity contribution is 7.86. The second-order valence-corrected chi connectivity index (χ2v) is 5.52. The molecule has 1 aromatic rings. The van der Waals surface area contributed by atoms with E-state index >= 15 is 0 Å². The highest BCUT2D eigenvalue weighted by Crippen LogP contribution is 2.23. The van der Waals surface area contributed by atoms with E-state index < -0.39 is 17.1 Å². The number of nitrogens with one attached hydrogen (secondary N) is 1. The molecule has 1 atom stereocenters. The van der Waals surface area contributed by atoms with E-state index in [9.17, 15) is 9.00 Å². The summed E-state index contributed by atoms with van der Waals surface area (Å²) in [6.07, 6.45) is -0.682. The maximum Gasteiger partial charge on any atom is 0.448 e. The first kappa shape index (κ1) is 11.5. The van der Waals surface area contributed by atoms with Crippen LogP contribution in [0.4, 0.5) is 4.79 Å². The first-order valence-electron chi connectivity index (χ1n) is 3.79. The van der Waals surface area contributed by atoms with Gasteiger partial charge in [0.25, 0.3) is 0 Å². The lowest BCUT2D eigenvalue weighted by Crippen LogP contribution is -2.25. The molecule has 0 radical (unpaired) electrons. The van der Waals surface area contributed by atoms with Gasteiger partial charge in [0, 0.05) is 6.07 Å². The van der Waals surface area contributed by atoms with Crippen molar-refractivity contribution in [2.45, 2.75) is 11.1 Å². The maximum absolute atomic E-state index is 11.4. The lowest BCUT2D eigenvalue weighted by molar-refractivity contribution is 0.159. The lowest BCUT2D eigenvalue weighted by Gasteiger charge is -1.97. The molecule has 1 unspecified atom stereocenters. The van der Waals surface area contributed by atoms with Crippen molar-refractivity contribution in [1.82, 2.24) is 4.72 Å². The number of hydrogen-bond donors (Lipinski definition) is 1. The van der Waals surface area contributed by atoms with E-state index in [1.165, 1.54) is 11.3 Å². The zero-order chi connectivity index (χ0) is 10.6. The van der Waals surface area contributed by atoms with Crippen LogP contribution in [0.25, 0.3) is 0 Å². The van der Waals surface area contributed by atoms with Crippen LogP contribution in [0.15, 0.2) is 16.3 Å². The van der Waals surface area contributed by atoms with Gasteiger partial charge >= 0.3 is 6.09 Å². The number of amides is 1. The minimum Gasteiger partial charge on any atom is -0.447 e. The molecule has 0 saturated carbocycles.